The van der Waals surface area contributed by atoms with Crippen LogP contribution in [0.1, 0.15) is 5.56 Å². The second-order valence-electron chi connectivity index (χ2n) is 5.14. The van der Waals surface area contributed by atoms with E-state index in [1.54, 1.807) is 30.6 Å². The van der Waals surface area contributed by atoms with Gasteiger partial charge in [0.25, 0.3) is 0 Å². The fraction of sp³-hybridized carbons (Fsp3) is 0.312. The number of benzene rings is 1. The van der Waals surface area contributed by atoms with E-state index in [9.17, 15) is 4.39 Å². The molecular weight excluding hydrogens is 297 g/mol. The smallest absolute Gasteiger partial charge is 0.225 e. The number of hydrogen-bond acceptors (Lipinski definition) is 5. The van der Waals surface area contributed by atoms with Crippen molar-refractivity contribution in [3.63, 3.8) is 0 Å². The maximum atomic E-state index is 14.5. The van der Waals surface area contributed by atoms with Crippen LogP contribution in [0.3, 0.4) is 0 Å². The quantitative estimate of drug-likeness (QED) is 0.685. The Balaban J connectivity index is 1.84. The van der Waals surface area contributed by atoms with Crippen molar-refractivity contribution < 1.29 is 9.13 Å². The zero-order valence-corrected chi connectivity index (χ0v) is 12.7. The molecule has 0 unspecified atom stereocenters. The van der Waals surface area contributed by atoms with Crippen LogP contribution in [-0.2, 0) is 11.3 Å². The molecule has 1 aliphatic rings. The van der Waals surface area contributed by atoms with Crippen molar-refractivity contribution in [2.75, 3.05) is 31.2 Å². The average molecular weight is 315 g/mol. The normalized spacial score (nSPS) is 15.3. The molecule has 0 aliphatic carbocycles. The van der Waals surface area contributed by atoms with Gasteiger partial charge in [-0.05, 0) is 0 Å². The fourth-order valence-corrected chi connectivity index (χ4v) is 2.46. The van der Waals surface area contributed by atoms with Crippen molar-refractivity contribution in [1.82, 2.24) is 9.97 Å². The van der Waals surface area contributed by atoms with Gasteiger partial charge in [-0.2, -0.15) is 0 Å². The summed E-state index contributed by atoms with van der Waals surface area (Å²) < 4.78 is 19.8. The van der Waals surface area contributed by atoms with E-state index in [4.69, 9.17) is 10.5 Å². The van der Waals surface area contributed by atoms with E-state index in [2.05, 4.69) is 19.9 Å². The molecule has 23 heavy (non-hydrogen) atoms. The Labute approximate surface area is 133 Å². The Bertz CT molecular complexity index is 683. The van der Waals surface area contributed by atoms with Gasteiger partial charge in [0.1, 0.15) is 5.82 Å². The van der Waals surface area contributed by atoms with E-state index in [-0.39, 0.29) is 12.4 Å². The molecule has 1 aromatic heterocycles. The highest BCUT2D eigenvalue weighted by atomic mass is 19.1. The molecule has 1 saturated heterocycles. The molecule has 0 saturated carbocycles. The number of aromatic nitrogens is 2. The molecule has 0 spiro atoms. The zero-order valence-electron chi connectivity index (χ0n) is 12.7. The number of aliphatic imine (C=N–C) groups is 1. The third kappa shape index (κ3) is 3.45. The molecule has 1 aromatic carbocycles. The van der Waals surface area contributed by atoms with Crippen molar-refractivity contribution >= 4 is 12.3 Å². The third-order valence-electron chi connectivity index (χ3n) is 3.69. The summed E-state index contributed by atoms with van der Waals surface area (Å²) in [5.41, 5.74) is 6.80. The van der Waals surface area contributed by atoms with E-state index >= 15 is 0 Å². The maximum Gasteiger partial charge on any atom is 0.225 e. The second-order valence-corrected chi connectivity index (χ2v) is 5.14. The number of anilines is 1. The summed E-state index contributed by atoms with van der Waals surface area (Å²) in [5.74, 6) is 0.321. The first kappa shape index (κ1) is 15.4. The lowest BCUT2D eigenvalue weighted by atomic mass is 10.0. The molecule has 1 fully saturated rings. The van der Waals surface area contributed by atoms with E-state index in [0.717, 1.165) is 13.1 Å². The molecular formula is C16H18FN5O. The van der Waals surface area contributed by atoms with Crippen molar-refractivity contribution in [2.24, 2.45) is 10.7 Å². The number of nitrogens with zero attached hydrogens (tertiary/aromatic N) is 4. The summed E-state index contributed by atoms with van der Waals surface area (Å²) in [7, 11) is 0. The number of morpholine rings is 1. The predicted octanol–water partition coefficient (Wildman–Crippen LogP) is 1.61. The van der Waals surface area contributed by atoms with Crippen LogP contribution < -0.4 is 10.6 Å². The largest absolute Gasteiger partial charge is 0.390 e. The van der Waals surface area contributed by atoms with E-state index in [1.165, 1.54) is 6.34 Å². The van der Waals surface area contributed by atoms with Crippen LogP contribution in [0.4, 0.5) is 10.3 Å². The predicted molar refractivity (Wildman–Crippen MR) is 86.8 cm³/mol. The van der Waals surface area contributed by atoms with Crippen LogP contribution >= 0.6 is 0 Å². The van der Waals surface area contributed by atoms with Gasteiger partial charge in [-0.1, -0.05) is 18.2 Å². The Morgan fingerprint density at radius 3 is 2.70 bits per heavy atom. The lowest BCUT2D eigenvalue weighted by Gasteiger charge is -2.26. The molecule has 1 aliphatic heterocycles. The van der Waals surface area contributed by atoms with Gasteiger partial charge in [0.05, 0.1) is 26.1 Å². The summed E-state index contributed by atoms with van der Waals surface area (Å²) in [5, 5.41) is 0. The molecule has 0 radical (unpaired) electrons. The van der Waals surface area contributed by atoms with Crippen LogP contribution in [0.15, 0.2) is 35.6 Å². The topological polar surface area (TPSA) is 76.6 Å². The van der Waals surface area contributed by atoms with Crippen LogP contribution in [0, 0.1) is 5.82 Å². The summed E-state index contributed by atoms with van der Waals surface area (Å²) in [6, 6.07) is 5.18. The first-order chi connectivity index (χ1) is 11.3. The summed E-state index contributed by atoms with van der Waals surface area (Å²) >= 11 is 0. The lowest BCUT2D eigenvalue weighted by Crippen LogP contribution is -2.37. The number of rotatable bonds is 4. The Morgan fingerprint density at radius 2 is 2.00 bits per heavy atom. The Morgan fingerprint density at radius 1 is 1.26 bits per heavy atom. The highest BCUT2D eigenvalue weighted by molar-refractivity contribution is 5.64. The number of hydrogen-bond donors (Lipinski definition) is 1. The zero-order chi connectivity index (χ0) is 16.1. The van der Waals surface area contributed by atoms with Gasteiger partial charge in [0.2, 0.25) is 5.95 Å². The van der Waals surface area contributed by atoms with Gasteiger partial charge in [-0.25, -0.2) is 14.4 Å². The molecule has 3 rings (SSSR count). The average Bonchev–Trinajstić information content (AvgIpc) is 2.62. The van der Waals surface area contributed by atoms with Gasteiger partial charge in [-0.3, -0.25) is 4.99 Å². The third-order valence-corrected chi connectivity index (χ3v) is 3.69. The van der Waals surface area contributed by atoms with Crippen molar-refractivity contribution in [2.45, 2.75) is 6.54 Å². The van der Waals surface area contributed by atoms with E-state index in [1.807, 2.05) is 0 Å². The molecule has 2 heterocycles. The van der Waals surface area contributed by atoms with Crippen LogP contribution in [0.5, 0.6) is 0 Å². The number of nitrogens with two attached hydrogens (primary N) is 1. The standard InChI is InChI=1S/C16H18FN5O/c17-15-12(8-19-11-18)2-1-3-14(15)13-9-20-16(21-10-13)22-4-6-23-7-5-22/h1-3,9-11H,4-8H2,(H2,18,19). The van der Waals surface area contributed by atoms with E-state index < -0.39 is 0 Å². The first-order valence-corrected chi connectivity index (χ1v) is 7.42. The number of halogens is 1. The molecule has 0 amide bonds. The maximum absolute atomic E-state index is 14.5. The fourth-order valence-electron chi connectivity index (χ4n) is 2.46. The van der Waals surface area contributed by atoms with Gasteiger partial charge in [-0.15, -0.1) is 0 Å². The monoisotopic (exact) mass is 315 g/mol. The van der Waals surface area contributed by atoms with Gasteiger partial charge in [0.15, 0.2) is 0 Å². The minimum Gasteiger partial charge on any atom is -0.390 e. The molecule has 7 heteroatoms. The summed E-state index contributed by atoms with van der Waals surface area (Å²) in [4.78, 5) is 14.6. The van der Waals surface area contributed by atoms with Crippen molar-refractivity contribution in [3.05, 3.63) is 42.0 Å². The minimum absolute atomic E-state index is 0.211. The molecule has 2 N–H and O–H groups in total. The second kappa shape index (κ2) is 7.15. The number of ether oxygens (including phenoxy) is 1. The summed E-state index contributed by atoms with van der Waals surface area (Å²) in [6.45, 7) is 3.08. The van der Waals surface area contributed by atoms with Crippen LogP contribution in [0.2, 0.25) is 0 Å². The Kier molecular flexibility index (Phi) is 4.77. The van der Waals surface area contributed by atoms with Gasteiger partial charge >= 0.3 is 0 Å². The van der Waals surface area contributed by atoms with Crippen molar-refractivity contribution in [3.8, 4) is 11.1 Å². The van der Waals surface area contributed by atoms with Gasteiger partial charge in [0, 0.05) is 42.2 Å². The van der Waals surface area contributed by atoms with Crippen molar-refractivity contribution in [1.29, 1.82) is 0 Å². The molecule has 6 nitrogen and oxygen atoms in total. The molecule has 2 aromatic rings. The van der Waals surface area contributed by atoms with Crippen LogP contribution in [-0.4, -0.2) is 42.6 Å². The lowest BCUT2D eigenvalue weighted by molar-refractivity contribution is 0.122. The van der Waals surface area contributed by atoms with E-state index in [0.29, 0.717) is 35.9 Å². The van der Waals surface area contributed by atoms with Gasteiger partial charge < -0.3 is 15.4 Å². The molecule has 0 atom stereocenters. The highest BCUT2D eigenvalue weighted by Crippen LogP contribution is 2.25. The first-order valence-electron chi connectivity index (χ1n) is 7.42. The molecule has 0 bridgehead atoms. The SMILES string of the molecule is NC=NCc1cccc(-c2cnc(N3CCOCC3)nc2)c1F. The minimum atomic E-state index is -0.319. The Hall–Kier alpha value is -2.54. The molecule has 120 valence electrons. The van der Waals surface area contributed by atoms with Crippen LogP contribution in [0.25, 0.3) is 11.1 Å². The highest BCUT2D eigenvalue weighted by Gasteiger charge is 2.15. The summed E-state index contributed by atoms with van der Waals surface area (Å²) in [6.07, 6.45) is 4.46.